The third-order valence-corrected chi connectivity index (χ3v) is 9.93. The van der Waals surface area contributed by atoms with E-state index in [1.165, 1.54) is 86.3 Å². The van der Waals surface area contributed by atoms with Crippen molar-refractivity contribution >= 4 is 34.7 Å². The molecule has 1 heteroatoms. The fraction of sp³-hybridized carbons (Fsp3) is 0.130. The molecule has 2 unspecified atom stereocenters. The highest BCUT2D eigenvalue weighted by molar-refractivity contribution is 5.93. The van der Waals surface area contributed by atoms with Crippen LogP contribution in [0.15, 0.2) is 158 Å². The zero-order valence-corrected chi connectivity index (χ0v) is 26.9. The Morgan fingerprint density at radius 3 is 1.62 bits per heavy atom. The Morgan fingerprint density at radius 1 is 0.532 bits per heavy atom. The number of hydrogen-bond donors (Lipinski definition) is 0. The Morgan fingerprint density at radius 2 is 1.04 bits per heavy atom. The second kappa shape index (κ2) is 12.8. The van der Waals surface area contributed by atoms with E-state index in [1.54, 1.807) is 0 Å². The highest BCUT2D eigenvalue weighted by Gasteiger charge is 2.42. The van der Waals surface area contributed by atoms with Crippen molar-refractivity contribution in [2.75, 3.05) is 4.90 Å². The molecule has 2 atom stereocenters. The molecule has 0 N–H and O–H groups in total. The SMILES string of the molecule is Cc1ccc(/C(=C/c2ccc3c(c2)C2CCCC2N3c2ccc(C=C(c3ccccc3)c3ccccc3)cc2)c2ccccc2)cc1. The maximum atomic E-state index is 2.63. The summed E-state index contributed by atoms with van der Waals surface area (Å²) in [6, 6.07) is 58.0. The van der Waals surface area contributed by atoms with E-state index < -0.39 is 0 Å². The maximum Gasteiger partial charge on any atom is 0.0450 e. The number of rotatable bonds is 7. The van der Waals surface area contributed by atoms with Crippen molar-refractivity contribution in [2.24, 2.45) is 0 Å². The first-order valence-corrected chi connectivity index (χ1v) is 16.9. The molecule has 6 aromatic rings. The molecule has 1 fully saturated rings. The molecule has 1 aliphatic carbocycles. The van der Waals surface area contributed by atoms with E-state index >= 15 is 0 Å². The molecule has 0 spiro atoms. The van der Waals surface area contributed by atoms with Crippen molar-refractivity contribution in [3.05, 3.63) is 202 Å². The molecular weight excluding hydrogens is 567 g/mol. The van der Waals surface area contributed by atoms with Crippen LogP contribution in [0.2, 0.25) is 0 Å². The summed E-state index contributed by atoms with van der Waals surface area (Å²) in [4.78, 5) is 2.63. The molecule has 0 radical (unpaired) electrons. The number of anilines is 2. The minimum atomic E-state index is 0.514. The number of aryl methyl sites for hydroxylation is 1. The van der Waals surface area contributed by atoms with Crippen LogP contribution in [0, 0.1) is 6.92 Å². The molecule has 1 nitrogen and oxygen atoms in total. The molecule has 8 rings (SSSR count). The average molecular weight is 606 g/mol. The lowest BCUT2D eigenvalue weighted by atomic mass is 9.92. The van der Waals surface area contributed by atoms with Gasteiger partial charge in [0.15, 0.2) is 0 Å². The van der Waals surface area contributed by atoms with Crippen LogP contribution in [0.25, 0.3) is 23.3 Å². The van der Waals surface area contributed by atoms with Gasteiger partial charge in [-0.05, 0) is 106 Å². The van der Waals surface area contributed by atoms with Crippen molar-refractivity contribution < 1.29 is 0 Å². The third kappa shape index (κ3) is 5.86. The molecule has 228 valence electrons. The Kier molecular flexibility index (Phi) is 7.89. The predicted octanol–water partition coefficient (Wildman–Crippen LogP) is 12.0. The lowest BCUT2D eigenvalue weighted by Crippen LogP contribution is -2.26. The van der Waals surface area contributed by atoms with Crippen LogP contribution < -0.4 is 4.90 Å². The van der Waals surface area contributed by atoms with Gasteiger partial charge < -0.3 is 4.90 Å². The van der Waals surface area contributed by atoms with Crippen molar-refractivity contribution in [1.29, 1.82) is 0 Å². The minimum absolute atomic E-state index is 0.514. The molecule has 0 aromatic heterocycles. The minimum Gasteiger partial charge on any atom is -0.338 e. The Balaban J connectivity index is 1.14. The van der Waals surface area contributed by atoms with E-state index in [4.69, 9.17) is 0 Å². The van der Waals surface area contributed by atoms with E-state index in [0.29, 0.717) is 12.0 Å². The summed E-state index contributed by atoms with van der Waals surface area (Å²) >= 11 is 0. The summed E-state index contributed by atoms with van der Waals surface area (Å²) in [7, 11) is 0. The fourth-order valence-corrected chi connectivity index (χ4v) is 7.62. The molecule has 1 heterocycles. The van der Waals surface area contributed by atoms with Crippen LogP contribution in [0.5, 0.6) is 0 Å². The van der Waals surface area contributed by atoms with Gasteiger partial charge in [-0.1, -0.05) is 145 Å². The van der Waals surface area contributed by atoms with Crippen LogP contribution >= 0.6 is 0 Å². The maximum absolute atomic E-state index is 2.63. The van der Waals surface area contributed by atoms with Gasteiger partial charge in [0.05, 0.1) is 0 Å². The van der Waals surface area contributed by atoms with Crippen LogP contribution in [0.4, 0.5) is 11.4 Å². The van der Waals surface area contributed by atoms with Crippen LogP contribution in [0.3, 0.4) is 0 Å². The quantitative estimate of drug-likeness (QED) is 0.164. The summed E-state index contributed by atoms with van der Waals surface area (Å²) in [5.41, 5.74) is 15.4. The van der Waals surface area contributed by atoms with Crippen LogP contribution in [-0.2, 0) is 0 Å². The highest BCUT2D eigenvalue weighted by atomic mass is 15.2. The first-order valence-electron chi connectivity index (χ1n) is 16.9. The largest absolute Gasteiger partial charge is 0.338 e. The molecule has 0 bridgehead atoms. The normalized spacial score (nSPS) is 16.9. The van der Waals surface area contributed by atoms with Gasteiger partial charge in [0.1, 0.15) is 0 Å². The number of benzene rings is 6. The van der Waals surface area contributed by atoms with E-state index in [2.05, 4.69) is 182 Å². The Bertz CT molecular complexity index is 2000. The van der Waals surface area contributed by atoms with Crippen molar-refractivity contribution in [3.63, 3.8) is 0 Å². The second-order valence-electron chi connectivity index (χ2n) is 13.0. The van der Waals surface area contributed by atoms with Crippen molar-refractivity contribution in [2.45, 2.75) is 38.1 Å². The summed E-state index contributed by atoms with van der Waals surface area (Å²) in [6.45, 7) is 2.15. The number of hydrogen-bond acceptors (Lipinski definition) is 1. The van der Waals surface area contributed by atoms with Crippen molar-refractivity contribution in [1.82, 2.24) is 0 Å². The van der Waals surface area contributed by atoms with Gasteiger partial charge in [-0.15, -0.1) is 0 Å². The highest BCUT2D eigenvalue weighted by Crippen LogP contribution is 2.52. The number of fused-ring (bicyclic) bond motifs is 3. The van der Waals surface area contributed by atoms with Gasteiger partial charge in [-0.3, -0.25) is 0 Å². The second-order valence-corrected chi connectivity index (χ2v) is 13.0. The van der Waals surface area contributed by atoms with Gasteiger partial charge >= 0.3 is 0 Å². The zero-order chi connectivity index (χ0) is 31.6. The monoisotopic (exact) mass is 605 g/mol. The Labute approximate surface area is 279 Å². The molecule has 2 aliphatic rings. The summed E-state index contributed by atoms with van der Waals surface area (Å²) in [5.74, 6) is 0.570. The molecule has 1 aliphatic heterocycles. The zero-order valence-electron chi connectivity index (χ0n) is 26.9. The summed E-state index contributed by atoms with van der Waals surface area (Å²) in [5, 5.41) is 0. The predicted molar refractivity (Wildman–Crippen MR) is 200 cm³/mol. The first-order chi connectivity index (χ1) is 23.2. The topological polar surface area (TPSA) is 3.24 Å². The summed E-state index contributed by atoms with van der Waals surface area (Å²) < 4.78 is 0. The number of nitrogens with zero attached hydrogens (tertiary/aromatic N) is 1. The first kappa shape index (κ1) is 29.0. The molecule has 0 amide bonds. The third-order valence-electron chi connectivity index (χ3n) is 9.93. The van der Waals surface area contributed by atoms with Gasteiger partial charge in [-0.25, -0.2) is 0 Å². The van der Waals surface area contributed by atoms with E-state index in [1.807, 2.05) is 0 Å². The van der Waals surface area contributed by atoms with Crippen LogP contribution in [-0.4, -0.2) is 6.04 Å². The summed E-state index contributed by atoms with van der Waals surface area (Å²) in [6.07, 6.45) is 8.47. The molecule has 6 aromatic carbocycles. The van der Waals surface area contributed by atoms with Crippen molar-refractivity contribution in [3.8, 4) is 0 Å². The van der Waals surface area contributed by atoms with E-state index in [0.717, 1.165) is 0 Å². The fourth-order valence-electron chi connectivity index (χ4n) is 7.62. The van der Waals surface area contributed by atoms with Gasteiger partial charge in [-0.2, -0.15) is 0 Å². The van der Waals surface area contributed by atoms with Gasteiger partial charge in [0, 0.05) is 23.3 Å². The molecule has 0 saturated heterocycles. The smallest absolute Gasteiger partial charge is 0.0450 e. The van der Waals surface area contributed by atoms with E-state index in [-0.39, 0.29) is 0 Å². The van der Waals surface area contributed by atoms with Crippen LogP contribution in [0.1, 0.15) is 69.7 Å². The molecule has 1 saturated carbocycles. The molecule has 47 heavy (non-hydrogen) atoms. The lowest BCUT2D eigenvalue weighted by molar-refractivity contribution is 0.642. The average Bonchev–Trinajstić information content (AvgIpc) is 3.73. The molecular formula is C46H39N. The standard InChI is InChI=1S/C46H39N/c1-33-20-25-39(26-21-33)43(38-16-9-4-10-17-38)31-35-24-29-46-44(32-35)41-18-11-19-45(41)47(46)40-27-22-34(23-28-40)30-42(36-12-5-2-6-13-36)37-14-7-3-8-15-37/h2-10,12-17,20-32,41,45H,11,18-19H2,1H3/b43-31+. The Hall–Kier alpha value is -5.40. The lowest BCUT2D eigenvalue weighted by Gasteiger charge is -2.27. The van der Waals surface area contributed by atoms with E-state index in [9.17, 15) is 0 Å². The van der Waals surface area contributed by atoms with Gasteiger partial charge in [0.25, 0.3) is 0 Å². The van der Waals surface area contributed by atoms with Gasteiger partial charge in [0.2, 0.25) is 0 Å².